The van der Waals surface area contributed by atoms with Gasteiger partial charge < -0.3 is 10.1 Å². The van der Waals surface area contributed by atoms with E-state index in [4.69, 9.17) is 4.74 Å². The molecule has 0 aliphatic rings. The molecule has 2 aromatic rings. The van der Waals surface area contributed by atoms with Gasteiger partial charge in [-0.05, 0) is 44.7 Å². The van der Waals surface area contributed by atoms with E-state index >= 15 is 0 Å². The van der Waals surface area contributed by atoms with Crippen LogP contribution in [0.25, 0.3) is 0 Å². The van der Waals surface area contributed by atoms with Gasteiger partial charge in [-0.3, -0.25) is 0 Å². The van der Waals surface area contributed by atoms with Crippen LogP contribution in [0.5, 0.6) is 5.75 Å². The van der Waals surface area contributed by atoms with Crippen molar-refractivity contribution in [2.24, 2.45) is 0 Å². The van der Waals surface area contributed by atoms with Gasteiger partial charge in [0.15, 0.2) is 0 Å². The lowest BCUT2D eigenvalue weighted by Gasteiger charge is -2.17. The predicted molar refractivity (Wildman–Crippen MR) is 87.1 cm³/mol. The normalized spacial score (nSPS) is 12.2. The zero-order valence-corrected chi connectivity index (χ0v) is 13.7. The van der Waals surface area contributed by atoms with Gasteiger partial charge in [-0.25, -0.2) is 0 Å². The number of hydrogen-bond acceptors (Lipinski definition) is 2. The average Bonchev–Trinajstić information content (AvgIpc) is 2.45. The minimum Gasteiger partial charge on any atom is -0.489 e. The first-order valence-corrected chi connectivity index (χ1v) is 7.54. The highest BCUT2D eigenvalue weighted by Gasteiger charge is 2.11. The summed E-state index contributed by atoms with van der Waals surface area (Å²) in [6.45, 7) is 4.81. The number of aryl methyl sites for hydroxylation is 1. The Morgan fingerprint density at radius 3 is 2.70 bits per heavy atom. The van der Waals surface area contributed by atoms with Gasteiger partial charge in [-0.2, -0.15) is 0 Å². The predicted octanol–water partition coefficient (Wildman–Crippen LogP) is 4.62. The molecule has 0 amide bonds. The second-order valence-corrected chi connectivity index (χ2v) is 5.89. The van der Waals surface area contributed by atoms with Crippen molar-refractivity contribution in [2.45, 2.75) is 26.5 Å². The largest absolute Gasteiger partial charge is 0.489 e. The summed E-state index contributed by atoms with van der Waals surface area (Å²) in [5.74, 6) is 0.927. The molecule has 1 N–H and O–H groups in total. The molecule has 20 heavy (non-hydrogen) atoms. The maximum absolute atomic E-state index is 6.00. The Bertz CT molecular complexity index is 583. The molecule has 0 saturated heterocycles. The third-order valence-electron chi connectivity index (χ3n) is 3.35. The molecule has 1 unspecified atom stereocenters. The van der Waals surface area contributed by atoms with Gasteiger partial charge in [0.05, 0.1) is 0 Å². The first kappa shape index (κ1) is 15.1. The standard InChI is InChI=1S/C17H20BrNO/c1-12-5-4-6-14(9-12)11-20-17-8-7-15(18)10-16(17)13(2)19-3/h4-10,13,19H,11H2,1-3H3. The Kier molecular flexibility index (Phi) is 5.21. The van der Waals surface area contributed by atoms with E-state index in [2.05, 4.69) is 65.4 Å². The summed E-state index contributed by atoms with van der Waals surface area (Å²) in [4.78, 5) is 0. The molecule has 0 saturated carbocycles. The third kappa shape index (κ3) is 3.84. The van der Waals surface area contributed by atoms with E-state index in [1.165, 1.54) is 11.1 Å². The fourth-order valence-electron chi connectivity index (χ4n) is 2.11. The van der Waals surface area contributed by atoms with Crippen molar-refractivity contribution in [1.29, 1.82) is 0 Å². The van der Waals surface area contributed by atoms with Gasteiger partial charge in [-0.1, -0.05) is 45.8 Å². The van der Waals surface area contributed by atoms with E-state index in [-0.39, 0.29) is 6.04 Å². The second-order valence-electron chi connectivity index (χ2n) is 4.97. The van der Waals surface area contributed by atoms with Crippen LogP contribution in [0.15, 0.2) is 46.9 Å². The molecular weight excluding hydrogens is 314 g/mol. The van der Waals surface area contributed by atoms with Crippen LogP contribution in [0.2, 0.25) is 0 Å². The number of rotatable bonds is 5. The van der Waals surface area contributed by atoms with E-state index in [9.17, 15) is 0 Å². The third-order valence-corrected chi connectivity index (χ3v) is 3.84. The molecule has 0 radical (unpaired) electrons. The summed E-state index contributed by atoms with van der Waals surface area (Å²) in [5.41, 5.74) is 3.61. The maximum Gasteiger partial charge on any atom is 0.124 e. The van der Waals surface area contributed by atoms with Crippen molar-refractivity contribution < 1.29 is 4.74 Å². The molecule has 2 nitrogen and oxygen atoms in total. The molecule has 0 aliphatic heterocycles. The molecule has 0 aliphatic carbocycles. The number of hydrogen-bond donors (Lipinski definition) is 1. The van der Waals surface area contributed by atoms with Crippen LogP contribution < -0.4 is 10.1 Å². The van der Waals surface area contributed by atoms with Crippen LogP contribution in [0.1, 0.15) is 29.7 Å². The van der Waals surface area contributed by atoms with Crippen molar-refractivity contribution in [3.63, 3.8) is 0 Å². The highest BCUT2D eigenvalue weighted by molar-refractivity contribution is 9.10. The summed E-state index contributed by atoms with van der Waals surface area (Å²) in [6, 6.07) is 14.8. The summed E-state index contributed by atoms with van der Waals surface area (Å²) in [6.07, 6.45) is 0. The van der Waals surface area contributed by atoms with Crippen molar-refractivity contribution in [2.75, 3.05) is 7.05 Å². The van der Waals surface area contributed by atoms with Crippen LogP contribution in [0.4, 0.5) is 0 Å². The van der Waals surface area contributed by atoms with Gasteiger partial charge in [0.2, 0.25) is 0 Å². The zero-order valence-electron chi connectivity index (χ0n) is 12.1. The highest BCUT2D eigenvalue weighted by Crippen LogP contribution is 2.29. The van der Waals surface area contributed by atoms with Gasteiger partial charge in [0.1, 0.15) is 12.4 Å². The van der Waals surface area contributed by atoms with Gasteiger partial charge in [-0.15, -0.1) is 0 Å². The Balaban J connectivity index is 2.16. The van der Waals surface area contributed by atoms with Crippen molar-refractivity contribution in [3.05, 3.63) is 63.6 Å². The van der Waals surface area contributed by atoms with Crippen LogP contribution in [-0.2, 0) is 6.61 Å². The minimum absolute atomic E-state index is 0.250. The molecule has 0 aromatic heterocycles. The Morgan fingerprint density at radius 1 is 1.20 bits per heavy atom. The van der Waals surface area contributed by atoms with Crippen LogP contribution in [0, 0.1) is 6.92 Å². The Morgan fingerprint density at radius 2 is 2.00 bits per heavy atom. The van der Waals surface area contributed by atoms with Gasteiger partial charge >= 0.3 is 0 Å². The SMILES string of the molecule is CNC(C)c1cc(Br)ccc1OCc1cccc(C)c1. The molecule has 0 spiro atoms. The number of ether oxygens (including phenoxy) is 1. The molecule has 2 rings (SSSR count). The minimum atomic E-state index is 0.250. The quantitative estimate of drug-likeness (QED) is 0.862. The van der Waals surface area contributed by atoms with E-state index < -0.39 is 0 Å². The summed E-state index contributed by atoms with van der Waals surface area (Å²) < 4.78 is 7.06. The monoisotopic (exact) mass is 333 g/mol. The Hall–Kier alpha value is -1.32. The fraction of sp³-hybridized carbons (Fsp3) is 0.294. The van der Waals surface area contributed by atoms with Gasteiger partial charge in [0, 0.05) is 16.1 Å². The molecule has 106 valence electrons. The highest BCUT2D eigenvalue weighted by atomic mass is 79.9. The maximum atomic E-state index is 6.00. The van der Waals surface area contributed by atoms with E-state index in [0.717, 1.165) is 15.8 Å². The summed E-state index contributed by atoms with van der Waals surface area (Å²) >= 11 is 3.52. The lowest BCUT2D eigenvalue weighted by Crippen LogP contribution is -2.13. The Labute approximate surface area is 129 Å². The second kappa shape index (κ2) is 6.91. The smallest absolute Gasteiger partial charge is 0.124 e. The van der Waals surface area contributed by atoms with Crippen LogP contribution in [0.3, 0.4) is 0 Å². The van der Waals surface area contributed by atoms with Crippen LogP contribution in [-0.4, -0.2) is 7.05 Å². The lowest BCUT2D eigenvalue weighted by atomic mass is 10.1. The first-order valence-electron chi connectivity index (χ1n) is 6.75. The topological polar surface area (TPSA) is 21.3 Å². The molecule has 0 fully saturated rings. The zero-order chi connectivity index (χ0) is 14.5. The van der Waals surface area contributed by atoms with Crippen molar-refractivity contribution in [1.82, 2.24) is 5.32 Å². The van der Waals surface area contributed by atoms with Gasteiger partial charge in [0.25, 0.3) is 0 Å². The summed E-state index contributed by atoms with van der Waals surface area (Å²) in [7, 11) is 1.95. The number of benzene rings is 2. The van der Waals surface area contributed by atoms with E-state index in [0.29, 0.717) is 6.61 Å². The molecular formula is C17H20BrNO. The number of halogens is 1. The average molecular weight is 334 g/mol. The molecule has 0 bridgehead atoms. The van der Waals surface area contributed by atoms with Crippen LogP contribution >= 0.6 is 15.9 Å². The van der Waals surface area contributed by atoms with E-state index in [1.54, 1.807) is 0 Å². The molecule has 2 aromatic carbocycles. The first-order chi connectivity index (χ1) is 9.60. The number of nitrogens with one attached hydrogen (secondary N) is 1. The lowest BCUT2D eigenvalue weighted by molar-refractivity contribution is 0.300. The summed E-state index contributed by atoms with van der Waals surface area (Å²) in [5, 5.41) is 3.26. The van der Waals surface area contributed by atoms with Crippen molar-refractivity contribution >= 4 is 15.9 Å². The molecule has 1 atom stereocenters. The van der Waals surface area contributed by atoms with Crippen molar-refractivity contribution in [3.8, 4) is 5.75 Å². The van der Waals surface area contributed by atoms with E-state index in [1.807, 2.05) is 19.2 Å². The molecule has 3 heteroatoms. The molecule has 0 heterocycles. The fourth-order valence-corrected chi connectivity index (χ4v) is 2.49.